The highest BCUT2D eigenvalue weighted by molar-refractivity contribution is 5.75. The Kier molecular flexibility index (Phi) is 6.36. The average Bonchev–Trinajstić information content (AvgIpc) is 3.26. The van der Waals surface area contributed by atoms with E-state index in [9.17, 15) is 4.79 Å². The lowest BCUT2D eigenvalue weighted by atomic mass is 10.1. The molecule has 6 nitrogen and oxygen atoms in total. The van der Waals surface area contributed by atoms with Gasteiger partial charge in [0.05, 0.1) is 19.3 Å². The van der Waals surface area contributed by atoms with Gasteiger partial charge in [-0.2, -0.15) is 0 Å². The van der Waals surface area contributed by atoms with E-state index in [1.807, 2.05) is 4.90 Å². The summed E-state index contributed by atoms with van der Waals surface area (Å²) in [7, 11) is 0. The number of nitrogens with zero attached hydrogens (tertiary/aromatic N) is 2. The van der Waals surface area contributed by atoms with Crippen LogP contribution in [0.25, 0.3) is 0 Å². The fourth-order valence-corrected chi connectivity index (χ4v) is 3.68. The minimum atomic E-state index is 0.0778. The molecule has 1 N–H and O–H groups in total. The molecule has 6 heteroatoms. The molecule has 0 bridgehead atoms. The summed E-state index contributed by atoms with van der Waals surface area (Å²) in [6.07, 6.45) is 3.47. The molecular formula is C18H33N3O3. The van der Waals surface area contributed by atoms with Crippen LogP contribution in [0.1, 0.15) is 33.1 Å². The van der Waals surface area contributed by atoms with Gasteiger partial charge in [-0.25, -0.2) is 4.79 Å². The molecule has 0 spiro atoms. The number of amides is 2. The molecule has 1 aliphatic carbocycles. The molecule has 2 amide bonds. The maximum Gasteiger partial charge on any atom is 0.317 e. The predicted molar refractivity (Wildman–Crippen MR) is 93.1 cm³/mol. The van der Waals surface area contributed by atoms with Crippen molar-refractivity contribution in [1.82, 2.24) is 15.1 Å². The van der Waals surface area contributed by atoms with E-state index in [-0.39, 0.29) is 12.1 Å². The minimum absolute atomic E-state index is 0.0778. The van der Waals surface area contributed by atoms with Crippen molar-refractivity contribution in [3.05, 3.63) is 0 Å². The summed E-state index contributed by atoms with van der Waals surface area (Å²) in [6.45, 7) is 11.3. The second-order valence-electron chi connectivity index (χ2n) is 7.95. The third kappa shape index (κ3) is 5.33. The molecule has 0 aromatic heterocycles. The molecule has 2 saturated heterocycles. The Hall–Kier alpha value is -0.850. The van der Waals surface area contributed by atoms with Crippen molar-refractivity contribution < 1.29 is 14.3 Å². The summed E-state index contributed by atoms with van der Waals surface area (Å²) in [6, 6.07) is 0.518. The van der Waals surface area contributed by atoms with E-state index in [0.717, 1.165) is 65.3 Å². The summed E-state index contributed by atoms with van der Waals surface area (Å²) < 4.78 is 11.3. The number of carbonyl (C=O) groups is 1. The molecule has 24 heavy (non-hydrogen) atoms. The predicted octanol–water partition coefficient (Wildman–Crippen LogP) is 1.55. The van der Waals surface area contributed by atoms with E-state index < -0.39 is 0 Å². The van der Waals surface area contributed by atoms with Crippen molar-refractivity contribution in [2.24, 2.45) is 11.8 Å². The van der Waals surface area contributed by atoms with E-state index in [0.29, 0.717) is 24.4 Å². The zero-order valence-corrected chi connectivity index (χ0v) is 15.2. The third-order valence-corrected chi connectivity index (χ3v) is 5.05. The smallest absolute Gasteiger partial charge is 0.317 e. The largest absolute Gasteiger partial charge is 0.381 e. The van der Waals surface area contributed by atoms with Crippen LogP contribution < -0.4 is 5.32 Å². The van der Waals surface area contributed by atoms with Gasteiger partial charge in [0.25, 0.3) is 0 Å². The van der Waals surface area contributed by atoms with Crippen LogP contribution >= 0.6 is 0 Å². The lowest BCUT2D eigenvalue weighted by Gasteiger charge is -2.34. The quantitative estimate of drug-likeness (QED) is 0.765. The van der Waals surface area contributed by atoms with Crippen molar-refractivity contribution in [3.63, 3.8) is 0 Å². The molecule has 2 heterocycles. The maximum atomic E-state index is 12.6. The fourth-order valence-electron chi connectivity index (χ4n) is 3.68. The number of ether oxygens (including phenoxy) is 2. The Morgan fingerprint density at radius 3 is 2.79 bits per heavy atom. The van der Waals surface area contributed by atoms with Gasteiger partial charge in [-0.05, 0) is 25.2 Å². The van der Waals surface area contributed by atoms with Crippen LogP contribution in [0.4, 0.5) is 4.79 Å². The normalized spacial score (nSPS) is 28.3. The molecule has 3 fully saturated rings. The molecule has 3 aliphatic rings. The number of hydrogen-bond donors (Lipinski definition) is 1. The van der Waals surface area contributed by atoms with Gasteiger partial charge in [0.1, 0.15) is 0 Å². The zero-order chi connectivity index (χ0) is 16.9. The minimum Gasteiger partial charge on any atom is -0.381 e. The number of nitrogens with one attached hydrogen (secondary N) is 1. The number of urea groups is 1. The summed E-state index contributed by atoms with van der Waals surface area (Å²) in [5, 5.41) is 3.12. The number of rotatable bonds is 7. The zero-order valence-electron chi connectivity index (χ0n) is 15.2. The Labute approximate surface area is 145 Å². The van der Waals surface area contributed by atoms with Crippen LogP contribution in [-0.4, -0.2) is 80.5 Å². The Balaban J connectivity index is 1.43. The molecule has 0 radical (unpaired) electrons. The van der Waals surface area contributed by atoms with Crippen LogP contribution in [-0.2, 0) is 9.47 Å². The molecule has 2 atom stereocenters. The molecule has 1 saturated carbocycles. The van der Waals surface area contributed by atoms with Gasteiger partial charge in [-0.15, -0.1) is 0 Å². The molecule has 0 aromatic rings. The van der Waals surface area contributed by atoms with Crippen LogP contribution in [0.3, 0.4) is 0 Å². The Morgan fingerprint density at radius 1 is 1.29 bits per heavy atom. The summed E-state index contributed by atoms with van der Waals surface area (Å²) in [5.74, 6) is 1.17. The molecule has 0 aromatic carbocycles. The van der Waals surface area contributed by atoms with Gasteiger partial charge in [0.15, 0.2) is 0 Å². The second-order valence-corrected chi connectivity index (χ2v) is 7.95. The maximum absolute atomic E-state index is 12.6. The highest BCUT2D eigenvalue weighted by Gasteiger charge is 2.35. The number of carbonyl (C=O) groups excluding carboxylic acids is 1. The van der Waals surface area contributed by atoms with Crippen molar-refractivity contribution in [3.8, 4) is 0 Å². The summed E-state index contributed by atoms with van der Waals surface area (Å²) >= 11 is 0. The topological polar surface area (TPSA) is 54.0 Å². The van der Waals surface area contributed by atoms with Gasteiger partial charge < -0.3 is 19.7 Å². The summed E-state index contributed by atoms with van der Waals surface area (Å²) in [4.78, 5) is 17.1. The SMILES string of the molecule is CC(C)CN1CCOC(CNC(=O)N(CC2CCOC2)C2CC2)C1. The van der Waals surface area contributed by atoms with Gasteiger partial charge >= 0.3 is 6.03 Å². The van der Waals surface area contributed by atoms with Crippen LogP contribution in [0.15, 0.2) is 0 Å². The lowest BCUT2D eigenvalue weighted by molar-refractivity contribution is -0.0294. The van der Waals surface area contributed by atoms with Crippen molar-refractivity contribution in [2.45, 2.75) is 45.3 Å². The van der Waals surface area contributed by atoms with Gasteiger partial charge in [0, 0.05) is 51.3 Å². The molecule has 2 aliphatic heterocycles. The first-order chi connectivity index (χ1) is 11.6. The van der Waals surface area contributed by atoms with Crippen molar-refractivity contribution in [1.29, 1.82) is 0 Å². The molecule has 2 unspecified atom stereocenters. The number of hydrogen-bond acceptors (Lipinski definition) is 4. The van der Waals surface area contributed by atoms with E-state index >= 15 is 0 Å². The first-order valence-corrected chi connectivity index (χ1v) is 9.58. The van der Waals surface area contributed by atoms with Crippen LogP contribution in [0.5, 0.6) is 0 Å². The monoisotopic (exact) mass is 339 g/mol. The highest BCUT2D eigenvalue weighted by Crippen LogP contribution is 2.29. The Bertz CT molecular complexity index is 408. The second kappa shape index (κ2) is 8.50. The highest BCUT2D eigenvalue weighted by atomic mass is 16.5. The van der Waals surface area contributed by atoms with Crippen molar-refractivity contribution >= 4 is 6.03 Å². The Morgan fingerprint density at radius 2 is 2.12 bits per heavy atom. The molecular weight excluding hydrogens is 306 g/mol. The third-order valence-electron chi connectivity index (χ3n) is 5.05. The van der Waals surface area contributed by atoms with Gasteiger partial charge in [-0.1, -0.05) is 13.8 Å². The summed E-state index contributed by atoms with van der Waals surface area (Å²) in [5.41, 5.74) is 0. The first kappa shape index (κ1) is 18.0. The van der Waals surface area contributed by atoms with E-state index in [2.05, 4.69) is 24.1 Å². The standard InChI is InChI=1S/C18H33N3O3/c1-14(2)10-20-6-8-24-17(12-20)9-19-18(22)21(16-3-4-16)11-15-5-7-23-13-15/h14-17H,3-13H2,1-2H3,(H,19,22). The average molecular weight is 339 g/mol. The van der Waals surface area contributed by atoms with E-state index in [4.69, 9.17) is 9.47 Å². The van der Waals surface area contributed by atoms with E-state index in [1.165, 1.54) is 0 Å². The molecule has 138 valence electrons. The van der Waals surface area contributed by atoms with Crippen LogP contribution in [0.2, 0.25) is 0 Å². The fraction of sp³-hybridized carbons (Fsp3) is 0.944. The van der Waals surface area contributed by atoms with Gasteiger partial charge in [-0.3, -0.25) is 4.90 Å². The van der Waals surface area contributed by atoms with Crippen molar-refractivity contribution in [2.75, 3.05) is 52.5 Å². The lowest BCUT2D eigenvalue weighted by Crippen LogP contribution is -2.51. The van der Waals surface area contributed by atoms with Crippen LogP contribution in [0, 0.1) is 11.8 Å². The molecule has 3 rings (SSSR count). The number of morpholine rings is 1. The first-order valence-electron chi connectivity index (χ1n) is 9.58. The van der Waals surface area contributed by atoms with E-state index in [1.54, 1.807) is 0 Å². The van der Waals surface area contributed by atoms with Gasteiger partial charge in [0.2, 0.25) is 0 Å².